The predicted molar refractivity (Wildman–Crippen MR) is 90.3 cm³/mol. The minimum absolute atomic E-state index is 0.497. The highest BCUT2D eigenvalue weighted by atomic mass is 15.2. The summed E-state index contributed by atoms with van der Waals surface area (Å²) < 4.78 is 0. The van der Waals surface area contributed by atoms with Crippen molar-refractivity contribution in [2.45, 2.75) is 37.9 Å². The van der Waals surface area contributed by atoms with Gasteiger partial charge in [0.1, 0.15) is 11.8 Å². The van der Waals surface area contributed by atoms with Crippen LogP contribution in [0.15, 0.2) is 54.6 Å². The third-order valence-corrected chi connectivity index (χ3v) is 4.94. The van der Waals surface area contributed by atoms with Crippen molar-refractivity contribution in [3.63, 3.8) is 0 Å². The summed E-state index contributed by atoms with van der Waals surface area (Å²) in [5.41, 5.74) is 4.16. The van der Waals surface area contributed by atoms with Crippen LogP contribution in [-0.2, 0) is 6.54 Å². The Morgan fingerprint density at radius 1 is 1.09 bits per heavy atom. The Hall–Kier alpha value is -2.44. The molecular weight excluding hydrogens is 282 g/mol. The van der Waals surface area contributed by atoms with Gasteiger partial charge in [0.15, 0.2) is 0 Å². The van der Waals surface area contributed by atoms with Gasteiger partial charge in [-0.05, 0) is 42.5 Å². The third kappa shape index (κ3) is 2.78. The summed E-state index contributed by atoms with van der Waals surface area (Å²) in [5, 5.41) is 9.04. The lowest BCUT2D eigenvalue weighted by Gasteiger charge is -2.34. The van der Waals surface area contributed by atoms with E-state index in [0.717, 1.165) is 18.7 Å². The zero-order chi connectivity index (χ0) is 15.6. The molecule has 3 heterocycles. The van der Waals surface area contributed by atoms with Crippen molar-refractivity contribution in [2.75, 3.05) is 0 Å². The Morgan fingerprint density at radius 3 is 2.74 bits per heavy atom. The molecule has 3 nitrogen and oxygen atoms in total. The summed E-state index contributed by atoms with van der Waals surface area (Å²) in [6.07, 6.45) is 5.87. The van der Waals surface area contributed by atoms with Crippen LogP contribution in [0, 0.1) is 11.3 Å². The van der Waals surface area contributed by atoms with E-state index in [9.17, 15) is 0 Å². The minimum atomic E-state index is 0.497. The first kappa shape index (κ1) is 14.2. The van der Waals surface area contributed by atoms with E-state index in [0.29, 0.717) is 17.8 Å². The molecule has 0 radical (unpaired) electrons. The highest BCUT2D eigenvalue weighted by Crippen LogP contribution is 2.38. The maximum atomic E-state index is 9.04. The number of rotatable bonds is 3. The molecule has 1 saturated heterocycles. The van der Waals surface area contributed by atoms with Crippen LogP contribution in [0.25, 0.3) is 5.57 Å². The van der Waals surface area contributed by atoms with Crippen molar-refractivity contribution in [2.24, 2.45) is 0 Å². The minimum Gasteiger partial charge on any atom is -0.289 e. The zero-order valence-corrected chi connectivity index (χ0v) is 13.0. The Morgan fingerprint density at radius 2 is 1.96 bits per heavy atom. The first-order valence-electron chi connectivity index (χ1n) is 8.21. The Kier molecular flexibility index (Phi) is 3.69. The molecular formula is C20H19N3. The SMILES string of the molecule is N#Cc1cccc(C2=CC3CCC(C2)N3Cc2ccccc2)n1. The van der Waals surface area contributed by atoms with Crippen molar-refractivity contribution in [3.05, 3.63) is 71.6 Å². The molecule has 0 amide bonds. The van der Waals surface area contributed by atoms with E-state index >= 15 is 0 Å². The number of benzene rings is 1. The van der Waals surface area contributed by atoms with Gasteiger partial charge in [-0.3, -0.25) is 4.90 Å². The van der Waals surface area contributed by atoms with Gasteiger partial charge in [0.2, 0.25) is 0 Å². The van der Waals surface area contributed by atoms with E-state index < -0.39 is 0 Å². The molecule has 0 spiro atoms. The van der Waals surface area contributed by atoms with E-state index in [-0.39, 0.29) is 0 Å². The average Bonchev–Trinajstić information content (AvgIpc) is 2.84. The third-order valence-electron chi connectivity index (χ3n) is 4.94. The molecule has 23 heavy (non-hydrogen) atoms. The molecule has 114 valence electrons. The topological polar surface area (TPSA) is 39.9 Å². The predicted octanol–water partition coefficient (Wildman–Crippen LogP) is 3.77. The molecule has 1 aromatic carbocycles. The molecule has 2 unspecified atom stereocenters. The first-order chi connectivity index (χ1) is 11.3. The van der Waals surface area contributed by atoms with Crippen LogP contribution in [-0.4, -0.2) is 22.0 Å². The van der Waals surface area contributed by atoms with Crippen LogP contribution in [0.2, 0.25) is 0 Å². The van der Waals surface area contributed by atoms with E-state index in [1.807, 2.05) is 12.1 Å². The quantitative estimate of drug-likeness (QED) is 0.866. The van der Waals surface area contributed by atoms with Crippen LogP contribution < -0.4 is 0 Å². The molecule has 4 rings (SSSR count). The molecule has 2 aromatic rings. The monoisotopic (exact) mass is 301 g/mol. The van der Waals surface area contributed by atoms with Crippen molar-refractivity contribution >= 4 is 5.57 Å². The second-order valence-electron chi connectivity index (χ2n) is 6.37. The lowest BCUT2D eigenvalue weighted by molar-refractivity contribution is 0.203. The fourth-order valence-corrected chi connectivity index (χ4v) is 3.82. The van der Waals surface area contributed by atoms with Crippen molar-refractivity contribution in [1.82, 2.24) is 9.88 Å². The first-order valence-corrected chi connectivity index (χ1v) is 8.21. The molecule has 2 atom stereocenters. The van der Waals surface area contributed by atoms with Gasteiger partial charge in [0.05, 0.1) is 5.69 Å². The van der Waals surface area contributed by atoms with Gasteiger partial charge in [-0.25, -0.2) is 4.98 Å². The second kappa shape index (κ2) is 5.98. The molecule has 1 aromatic heterocycles. The Bertz CT molecular complexity index is 773. The van der Waals surface area contributed by atoms with Crippen LogP contribution in [0.5, 0.6) is 0 Å². The van der Waals surface area contributed by atoms with Gasteiger partial charge in [0, 0.05) is 18.6 Å². The summed E-state index contributed by atoms with van der Waals surface area (Å²) in [7, 11) is 0. The number of aromatic nitrogens is 1. The van der Waals surface area contributed by atoms with E-state index in [1.165, 1.54) is 24.0 Å². The second-order valence-corrected chi connectivity index (χ2v) is 6.37. The molecule has 2 aliphatic rings. The number of nitrogens with zero attached hydrogens (tertiary/aromatic N) is 3. The van der Waals surface area contributed by atoms with E-state index in [2.05, 4.69) is 52.4 Å². The highest BCUT2D eigenvalue weighted by molar-refractivity contribution is 5.65. The van der Waals surface area contributed by atoms with Gasteiger partial charge in [0.25, 0.3) is 0 Å². The van der Waals surface area contributed by atoms with Crippen LogP contribution in [0.4, 0.5) is 0 Å². The fraction of sp³-hybridized carbons (Fsp3) is 0.300. The van der Waals surface area contributed by atoms with Gasteiger partial charge in [-0.1, -0.05) is 42.5 Å². The van der Waals surface area contributed by atoms with E-state index in [4.69, 9.17) is 5.26 Å². The van der Waals surface area contributed by atoms with Gasteiger partial charge < -0.3 is 0 Å². The lowest BCUT2D eigenvalue weighted by atomic mass is 9.97. The largest absolute Gasteiger partial charge is 0.289 e. The number of fused-ring (bicyclic) bond motifs is 2. The van der Waals surface area contributed by atoms with Gasteiger partial charge in [-0.15, -0.1) is 0 Å². The summed E-state index contributed by atoms with van der Waals surface area (Å²) >= 11 is 0. The van der Waals surface area contributed by atoms with Crippen LogP contribution in [0.1, 0.15) is 36.2 Å². The molecule has 3 heteroatoms. The van der Waals surface area contributed by atoms with Crippen LogP contribution in [0.3, 0.4) is 0 Å². The van der Waals surface area contributed by atoms with Crippen molar-refractivity contribution < 1.29 is 0 Å². The summed E-state index contributed by atoms with van der Waals surface area (Å²) in [6, 6.07) is 19.7. The maximum Gasteiger partial charge on any atom is 0.141 e. The normalized spacial score (nSPS) is 23.3. The van der Waals surface area contributed by atoms with Crippen LogP contribution >= 0.6 is 0 Å². The van der Waals surface area contributed by atoms with E-state index in [1.54, 1.807) is 6.07 Å². The number of pyridine rings is 1. The standard InChI is InChI=1S/C20H19N3/c21-13-17-7-4-8-20(22-17)16-11-18-9-10-19(12-16)23(18)14-15-5-2-1-3-6-15/h1-8,11,18-19H,9-10,12,14H2. The molecule has 0 aliphatic carbocycles. The van der Waals surface area contributed by atoms with Gasteiger partial charge in [-0.2, -0.15) is 5.26 Å². The molecule has 1 fully saturated rings. The van der Waals surface area contributed by atoms with Gasteiger partial charge >= 0.3 is 0 Å². The number of nitriles is 1. The molecule has 0 saturated carbocycles. The summed E-state index contributed by atoms with van der Waals surface area (Å²) in [4.78, 5) is 7.09. The fourth-order valence-electron chi connectivity index (χ4n) is 3.82. The smallest absolute Gasteiger partial charge is 0.141 e. The average molecular weight is 301 g/mol. The number of hydrogen-bond donors (Lipinski definition) is 0. The summed E-state index contributed by atoms with van der Waals surface area (Å²) in [6.45, 7) is 1.02. The molecule has 2 aliphatic heterocycles. The molecule has 2 bridgehead atoms. The highest BCUT2D eigenvalue weighted by Gasteiger charge is 2.36. The molecule has 0 N–H and O–H groups in total. The summed E-state index contributed by atoms with van der Waals surface area (Å²) in [5.74, 6) is 0. The zero-order valence-electron chi connectivity index (χ0n) is 13.0. The van der Waals surface area contributed by atoms with Crippen molar-refractivity contribution in [1.29, 1.82) is 5.26 Å². The lowest BCUT2D eigenvalue weighted by Crippen LogP contribution is -2.37. The Balaban J connectivity index is 1.58. The maximum absolute atomic E-state index is 9.04. The number of hydrogen-bond acceptors (Lipinski definition) is 3. The Labute approximate surface area is 136 Å². The van der Waals surface area contributed by atoms with Crippen molar-refractivity contribution in [3.8, 4) is 6.07 Å².